The molecule has 0 radical (unpaired) electrons. The van der Waals surface area contributed by atoms with Crippen LogP contribution in [0, 0.1) is 5.92 Å². The van der Waals surface area contributed by atoms with E-state index < -0.39 is 12.0 Å². The summed E-state index contributed by atoms with van der Waals surface area (Å²) in [5.74, 6) is -1.04. The number of carbonyl (C=O) groups is 2. The van der Waals surface area contributed by atoms with Gasteiger partial charge in [-0.2, -0.15) is 0 Å². The fraction of sp³-hybridized carbons (Fsp3) is 0.846. The average molecular weight is 256 g/mol. The fourth-order valence-corrected chi connectivity index (χ4v) is 2.45. The first-order valence-corrected chi connectivity index (χ1v) is 6.88. The van der Waals surface area contributed by atoms with E-state index in [4.69, 9.17) is 0 Å². The minimum Gasteiger partial charge on any atom is -0.480 e. The molecule has 0 aliphatic heterocycles. The van der Waals surface area contributed by atoms with Gasteiger partial charge in [0.1, 0.15) is 6.04 Å². The minimum absolute atomic E-state index is 0.0892. The van der Waals surface area contributed by atoms with E-state index in [2.05, 4.69) is 10.6 Å². The van der Waals surface area contributed by atoms with Crippen LogP contribution in [-0.4, -0.2) is 36.1 Å². The number of amides is 1. The second-order valence-electron chi connectivity index (χ2n) is 4.96. The van der Waals surface area contributed by atoms with Gasteiger partial charge in [0, 0.05) is 0 Å². The molecule has 0 saturated heterocycles. The second kappa shape index (κ2) is 8.08. The summed E-state index contributed by atoms with van der Waals surface area (Å²) in [7, 11) is 0. The van der Waals surface area contributed by atoms with Gasteiger partial charge in [0.2, 0.25) is 5.91 Å². The van der Waals surface area contributed by atoms with Gasteiger partial charge < -0.3 is 15.7 Å². The molecule has 0 aromatic rings. The van der Waals surface area contributed by atoms with Gasteiger partial charge in [0.15, 0.2) is 0 Å². The number of carboxylic acids is 1. The summed E-state index contributed by atoms with van der Waals surface area (Å²) in [5.41, 5.74) is 0. The third-order valence-electron chi connectivity index (χ3n) is 3.42. The van der Waals surface area contributed by atoms with Crippen LogP contribution in [0.3, 0.4) is 0 Å². The quantitative estimate of drug-likeness (QED) is 0.597. The zero-order chi connectivity index (χ0) is 13.4. The molecule has 0 aromatic heterocycles. The normalized spacial score (nSPS) is 18.3. The lowest BCUT2D eigenvalue weighted by molar-refractivity contribution is -0.143. The van der Waals surface area contributed by atoms with Gasteiger partial charge >= 0.3 is 5.97 Å². The molecule has 0 bridgehead atoms. The van der Waals surface area contributed by atoms with Gasteiger partial charge in [0.25, 0.3) is 0 Å². The number of aliphatic carboxylic acids is 1. The predicted octanol–water partition coefficient (Wildman–Crippen LogP) is 1.14. The first kappa shape index (κ1) is 15.0. The Balaban J connectivity index is 2.41. The van der Waals surface area contributed by atoms with Crippen LogP contribution in [0.4, 0.5) is 0 Å². The molecule has 5 heteroatoms. The third kappa shape index (κ3) is 5.04. The molecule has 1 rings (SSSR count). The van der Waals surface area contributed by atoms with E-state index in [1.54, 1.807) is 0 Å². The lowest BCUT2D eigenvalue weighted by Gasteiger charge is -2.28. The molecule has 1 aliphatic rings. The number of carbonyl (C=O) groups excluding carboxylic acids is 1. The van der Waals surface area contributed by atoms with Crippen LogP contribution < -0.4 is 10.6 Å². The highest BCUT2D eigenvalue weighted by Gasteiger charge is 2.30. The lowest BCUT2D eigenvalue weighted by atomic mass is 9.84. The van der Waals surface area contributed by atoms with Gasteiger partial charge in [-0.3, -0.25) is 4.79 Å². The van der Waals surface area contributed by atoms with Gasteiger partial charge in [-0.15, -0.1) is 0 Å². The Bertz CT molecular complexity index is 275. The van der Waals surface area contributed by atoms with Crippen molar-refractivity contribution in [2.75, 3.05) is 13.1 Å². The third-order valence-corrected chi connectivity index (χ3v) is 3.42. The molecule has 0 spiro atoms. The van der Waals surface area contributed by atoms with E-state index in [1.807, 2.05) is 6.92 Å². The summed E-state index contributed by atoms with van der Waals surface area (Å²) in [6.07, 6.45) is 6.07. The minimum atomic E-state index is -0.911. The maximum atomic E-state index is 11.6. The highest BCUT2D eigenvalue weighted by atomic mass is 16.4. The molecular formula is C13H24N2O3. The predicted molar refractivity (Wildman–Crippen MR) is 69.3 cm³/mol. The van der Waals surface area contributed by atoms with Crippen molar-refractivity contribution < 1.29 is 14.7 Å². The molecule has 3 N–H and O–H groups in total. The zero-order valence-electron chi connectivity index (χ0n) is 11.1. The van der Waals surface area contributed by atoms with Crippen molar-refractivity contribution in [1.29, 1.82) is 0 Å². The molecule has 1 saturated carbocycles. The van der Waals surface area contributed by atoms with Crippen molar-refractivity contribution in [1.82, 2.24) is 10.6 Å². The summed E-state index contributed by atoms with van der Waals surface area (Å²) in [4.78, 5) is 22.9. The van der Waals surface area contributed by atoms with Crippen LogP contribution in [0.2, 0.25) is 0 Å². The van der Waals surface area contributed by atoms with Gasteiger partial charge in [-0.05, 0) is 31.7 Å². The highest BCUT2D eigenvalue weighted by Crippen LogP contribution is 2.26. The molecule has 18 heavy (non-hydrogen) atoms. The average Bonchev–Trinajstić information content (AvgIpc) is 2.37. The van der Waals surface area contributed by atoms with Crippen molar-refractivity contribution in [2.45, 2.75) is 51.5 Å². The standard InChI is InChI=1S/C13H24N2O3/c1-2-8-14-9-11(16)15-12(13(17)18)10-6-4-3-5-7-10/h10,12,14H,2-9H2,1H3,(H,15,16)(H,17,18). The van der Waals surface area contributed by atoms with E-state index in [0.29, 0.717) is 0 Å². The topological polar surface area (TPSA) is 78.4 Å². The van der Waals surface area contributed by atoms with Crippen molar-refractivity contribution in [3.8, 4) is 0 Å². The van der Waals surface area contributed by atoms with Gasteiger partial charge in [0.05, 0.1) is 6.54 Å². The maximum absolute atomic E-state index is 11.6. The Labute approximate surface area is 108 Å². The van der Waals surface area contributed by atoms with Crippen molar-refractivity contribution in [3.05, 3.63) is 0 Å². The van der Waals surface area contributed by atoms with Crippen LogP contribution in [0.25, 0.3) is 0 Å². The van der Waals surface area contributed by atoms with Crippen LogP contribution in [-0.2, 0) is 9.59 Å². The Hall–Kier alpha value is -1.10. The largest absolute Gasteiger partial charge is 0.480 e. The number of hydrogen-bond acceptors (Lipinski definition) is 3. The molecule has 5 nitrogen and oxygen atoms in total. The SMILES string of the molecule is CCCNCC(=O)NC(C(=O)O)C1CCCCC1. The van der Waals surface area contributed by atoms with E-state index in [1.165, 1.54) is 6.42 Å². The van der Waals surface area contributed by atoms with Crippen LogP contribution >= 0.6 is 0 Å². The monoisotopic (exact) mass is 256 g/mol. The Morgan fingerprint density at radius 2 is 1.94 bits per heavy atom. The molecule has 1 fully saturated rings. The number of rotatable bonds is 7. The van der Waals surface area contributed by atoms with E-state index >= 15 is 0 Å². The van der Waals surface area contributed by atoms with Crippen molar-refractivity contribution in [2.24, 2.45) is 5.92 Å². The molecule has 1 amide bonds. The van der Waals surface area contributed by atoms with Crippen molar-refractivity contribution >= 4 is 11.9 Å². The number of hydrogen-bond donors (Lipinski definition) is 3. The van der Waals surface area contributed by atoms with Gasteiger partial charge in [-0.25, -0.2) is 4.79 Å². The number of nitrogens with one attached hydrogen (secondary N) is 2. The summed E-state index contributed by atoms with van der Waals surface area (Å²) in [6, 6.07) is -0.721. The summed E-state index contributed by atoms with van der Waals surface area (Å²) in [6.45, 7) is 2.99. The van der Waals surface area contributed by atoms with Crippen molar-refractivity contribution in [3.63, 3.8) is 0 Å². The Morgan fingerprint density at radius 3 is 2.50 bits per heavy atom. The summed E-state index contributed by atoms with van der Waals surface area (Å²) < 4.78 is 0. The number of carboxylic acid groups (broad SMARTS) is 1. The fourth-order valence-electron chi connectivity index (χ4n) is 2.45. The smallest absolute Gasteiger partial charge is 0.326 e. The maximum Gasteiger partial charge on any atom is 0.326 e. The molecule has 1 atom stereocenters. The van der Waals surface area contributed by atoms with Crippen LogP contribution in [0.15, 0.2) is 0 Å². The molecule has 1 aliphatic carbocycles. The molecule has 104 valence electrons. The highest BCUT2D eigenvalue weighted by molar-refractivity contribution is 5.84. The second-order valence-corrected chi connectivity index (χ2v) is 4.96. The van der Waals surface area contributed by atoms with Crippen LogP contribution in [0.5, 0.6) is 0 Å². The van der Waals surface area contributed by atoms with Crippen LogP contribution in [0.1, 0.15) is 45.4 Å². The van der Waals surface area contributed by atoms with E-state index in [9.17, 15) is 14.7 Å². The van der Waals surface area contributed by atoms with E-state index in [0.717, 1.165) is 38.6 Å². The molecule has 0 heterocycles. The Kier molecular flexibility index (Phi) is 6.72. The molecule has 0 aromatic carbocycles. The zero-order valence-corrected chi connectivity index (χ0v) is 11.1. The lowest BCUT2D eigenvalue weighted by Crippen LogP contribution is -2.49. The van der Waals surface area contributed by atoms with E-state index in [-0.39, 0.29) is 18.4 Å². The first-order valence-electron chi connectivity index (χ1n) is 6.88. The molecule has 1 unspecified atom stereocenters. The summed E-state index contributed by atoms with van der Waals surface area (Å²) in [5, 5.41) is 14.8. The first-order chi connectivity index (χ1) is 8.65. The van der Waals surface area contributed by atoms with Gasteiger partial charge in [-0.1, -0.05) is 26.2 Å². The Morgan fingerprint density at radius 1 is 1.28 bits per heavy atom. The summed E-state index contributed by atoms with van der Waals surface area (Å²) >= 11 is 0. The molecular weight excluding hydrogens is 232 g/mol.